The highest BCUT2D eigenvalue weighted by atomic mass is 19.4. The lowest BCUT2D eigenvalue weighted by Crippen LogP contribution is -2.71. The van der Waals surface area contributed by atoms with E-state index >= 15 is 0 Å². The van der Waals surface area contributed by atoms with Gasteiger partial charge in [-0.3, -0.25) is 4.79 Å². The Hall–Kier alpha value is -3.43. The van der Waals surface area contributed by atoms with E-state index in [9.17, 15) is 22.4 Å². The predicted octanol–water partition coefficient (Wildman–Crippen LogP) is 8.65. The average Bonchev–Trinajstić information content (AvgIpc) is 3.47. The zero-order valence-electron chi connectivity index (χ0n) is 25.4. The average molecular weight is 611 g/mol. The number of hydrogen-bond donors (Lipinski definition) is 1. The molecule has 1 heterocycles. The van der Waals surface area contributed by atoms with E-state index < -0.39 is 22.8 Å². The van der Waals surface area contributed by atoms with Crippen LogP contribution in [0.2, 0.25) is 0 Å². The second-order valence-corrected chi connectivity index (χ2v) is 15.1. The number of nitrogens with one attached hydrogen (secondary N) is 1. The normalized spacial score (nSPS) is 30.8. The van der Waals surface area contributed by atoms with E-state index in [0.717, 1.165) is 56.5 Å². The lowest BCUT2D eigenvalue weighted by Gasteiger charge is -2.65. The molecule has 0 atom stereocenters. The van der Waals surface area contributed by atoms with Gasteiger partial charge in [0.1, 0.15) is 5.67 Å². The molecule has 0 saturated heterocycles. The fourth-order valence-corrected chi connectivity index (χ4v) is 8.03. The van der Waals surface area contributed by atoms with Crippen LogP contribution in [0.5, 0.6) is 0 Å². The van der Waals surface area contributed by atoms with Gasteiger partial charge in [0.15, 0.2) is 5.82 Å². The quantitative estimate of drug-likeness (QED) is 0.271. The Morgan fingerprint density at radius 3 is 2.11 bits per heavy atom. The molecule has 234 valence electrons. The van der Waals surface area contributed by atoms with Crippen LogP contribution in [0.15, 0.2) is 53.1 Å². The maximum absolute atomic E-state index is 14.6. The third-order valence-electron chi connectivity index (χ3n) is 10.8. The molecule has 10 heteroatoms. The number of anilines is 3. The Bertz CT molecular complexity index is 1550. The van der Waals surface area contributed by atoms with E-state index in [-0.39, 0.29) is 41.4 Å². The van der Waals surface area contributed by atoms with Crippen LogP contribution in [0, 0.1) is 10.8 Å². The molecule has 1 N–H and O–H groups in total. The van der Waals surface area contributed by atoms with Gasteiger partial charge in [-0.2, -0.15) is 18.2 Å². The fraction of sp³-hybridized carbons (Fsp3) is 0.559. The number of hydrogen-bond acceptors (Lipinski definition) is 5. The Kier molecular flexibility index (Phi) is 6.35. The Morgan fingerprint density at radius 2 is 1.57 bits per heavy atom. The van der Waals surface area contributed by atoms with Crippen molar-refractivity contribution in [2.45, 2.75) is 101 Å². The second kappa shape index (κ2) is 9.54. The summed E-state index contributed by atoms with van der Waals surface area (Å²) in [4.78, 5) is 20.8. The van der Waals surface area contributed by atoms with Gasteiger partial charge in [-0.15, -0.1) is 0 Å². The lowest BCUT2D eigenvalue weighted by atomic mass is 9.41. The van der Waals surface area contributed by atoms with Gasteiger partial charge in [-0.25, -0.2) is 4.39 Å². The summed E-state index contributed by atoms with van der Waals surface area (Å²) in [5.41, 5.74) is -1.05. The molecule has 9 rings (SSSR count). The highest BCUT2D eigenvalue weighted by Gasteiger charge is 2.73. The van der Waals surface area contributed by atoms with Gasteiger partial charge in [-0.05, 0) is 106 Å². The molecule has 1 aromatic heterocycles. The molecule has 2 aromatic carbocycles. The fourth-order valence-electron chi connectivity index (χ4n) is 8.03. The van der Waals surface area contributed by atoms with Crippen LogP contribution in [0.1, 0.15) is 95.8 Å². The molecule has 1 amide bonds. The molecule has 0 radical (unpaired) electrons. The molecular formula is C34H38F4N4O2. The van der Waals surface area contributed by atoms with Crippen molar-refractivity contribution in [3.8, 4) is 0 Å². The molecule has 4 bridgehead atoms. The molecule has 0 spiro atoms. The number of amides is 1. The first-order chi connectivity index (χ1) is 20.6. The topological polar surface area (TPSA) is 71.3 Å². The van der Waals surface area contributed by atoms with Crippen molar-refractivity contribution in [2.24, 2.45) is 10.8 Å². The van der Waals surface area contributed by atoms with E-state index in [0.29, 0.717) is 29.5 Å². The van der Waals surface area contributed by atoms with Gasteiger partial charge in [0, 0.05) is 34.4 Å². The van der Waals surface area contributed by atoms with Crippen LogP contribution >= 0.6 is 0 Å². The maximum atomic E-state index is 14.6. The molecule has 6 aliphatic rings. The summed E-state index contributed by atoms with van der Waals surface area (Å²) in [6, 6.07) is 12.3. The highest BCUT2D eigenvalue weighted by Crippen LogP contribution is 2.70. The number of alkyl halides is 4. The number of halogens is 4. The monoisotopic (exact) mass is 610 g/mol. The van der Waals surface area contributed by atoms with E-state index in [1.807, 2.05) is 29.2 Å². The third kappa shape index (κ3) is 4.88. The SMILES string of the molecule is CC(C)(C)c1nc(C23CCC(CN(C(=O)C45CC(F)(C4)C5)c4cccc(Nc5ccc(C(F)(F)F)cc5)c4)(CC2)CC3)no1. The maximum Gasteiger partial charge on any atom is 0.416 e. The summed E-state index contributed by atoms with van der Waals surface area (Å²) in [6.45, 7) is 6.73. The van der Waals surface area contributed by atoms with Crippen LogP contribution in [-0.2, 0) is 21.8 Å². The van der Waals surface area contributed by atoms with Crippen LogP contribution in [-0.4, -0.2) is 28.3 Å². The smallest absolute Gasteiger partial charge is 0.355 e. The van der Waals surface area contributed by atoms with Crippen molar-refractivity contribution in [1.29, 1.82) is 0 Å². The predicted molar refractivity (Wildman–Crippen MR) is 158 cm³/mol. The minimum absolute atomic E-state index is 0.0199. The summed E-state index contributed by atoms with van der Waals surface area (Å²) >= 11 is 0. The number of nitrogens with zero attached hydrogens (tertiary/aromatic N) is 3. The molecule has 0 aliphatic heterocycles. The van der Waals surface area contributed by atoms with E-state index in [4.69, 9.17) is 9.51 Å². The van der Waals surface area contributed by atoms with Gasteiger partial charge < -0.3 is 14.7 Å². The zero-order chi connectivity index (χ0) is 31.2. The van der Waals surface area contributed by atoms with Crippen molar-refractivity contribution >= 4 is 23.0 Å². The molecule has 0 unspecified atom stereocenters. The third-order valence-corrected chi connectivity index (χ3v) is 10.8. The van der Waals surface area contributed by atoms with Crippen molar-refractivity contribution < 1.29 is 26.9 Å². The number of benzene rings is 2. The number of rotatable bonds is 7. The minimum atomic E-state index is -4.41. The number of carbonyl (C=O) groups is 1. The zero-order valence-corrected chi connectivity index (χ0v) is 25.4. The molecule has 3 aromatic rings. The number of fused-ring (bicyclic) bond motifs is 3. The largest absolute Gasteiger partial charge is 0.416 e. The molecule has 6 aliphatic carbocycles. The van der Waals surface area contributed by atoms with E-state index in [1.54, 1.807) is 0 Å². The summed E-state index contributed by atoms with van der Waals surface area (Å²) in [7, 11) is 0. The summed E-state index contributed by atoms with van der Waals surface area (Å²) < 4.78 is 59.3. The molecule has 6 fully saturated rings. The Labute approximate surface area is 254 Å². The summed E-state index contributed by atoms with van der Waals surface area (Å²) in [5, 5.41) is 7.59. The standard InChI is InChI=1S/C34H38F4N4O2/c1-29(2,3)27-40-26(41-44-27)31-14-11-30(12-15-31,13-16-31)21-42(28(43)32-18-33(35,19-32)20-32)25-6-4-5-24(17-25)39-23-9-7-22(8-10-23)34(36,37)38/h4-10,17,39H,11-16,18-21H2,1-3H3. The molecule has 6 nitrogen and oxygen atoms in total. The van der Waals surface area contributed by atoms with Crippen molar-refractivity contribution in [3.63, 3.8) is 0 Å². The van der Waals surface area contributed by atoms with Crippen LogP contribution in [0.4, 0.5) is 34.6 Å². The molecule has 6 saturated carbocycles. The van der Waals surface area contributed by atoms with Crippen LogP contribution < -0.4 is 10.2 Å². The van der Waals surface area contributed by atoms with Crippen molar-refractivity contribution in [2.75, 3.05) is 16.8 Å². The van der Waals surface area contributed by atoms with E-state index in [2.05, 4.69) is 31.2 Å². The van der Waals surface area contributed by atoms with Crippen LogP contribution in [0.3, 0.4) is 0 Å². The summed E-state index contributed by atoms with van der Waals surface area (Å²) in [5.74, 6) is 1.43. The van der Waals surface area contributed by atoms with E-state index in [1.165, 1.54) is 12.1 Å². The number of aromatic nitrogens is 2. The minimum Gasteiger partial charge on any atom is -0.355 e. The van der Waals surface area contributed by atoms with Gasteiger partial charge in [0.05, 0.1) is 11.0 Å². The first kappa shape index (κ1) is 29.3. The van der Waals surface area contributed by atoms with Gasteiger partial charge in [-0.1, -0.05) is 32.0 Å². The van der Waals surface area contributed by atoms with Crippen molar-refractivity contribution in [1.82, 2.24) is 10.1 Å². The molecular weight excluding hydrogens is 572 g/mol. The second-order valence-electron chi connectivity index (χ2n) is 15.1. The lowest BCUT2D eigenvalue weighted by molar-refractivity contribution is -0.211. The van der Waals surface area contributed by atoms with Gasteiger partial charge >= 0.3 is 6.18 Å². The first-order valence-electron chi connectivity index (χ1n) is 15.5. The van der Waals surface area contributed by atoms with Crippen molar-refractivity contribution in [3.05, 3.63) is 65.8 Å². The van der Waals surface area contributed by atoms with Gasteiger partial charge in [0.2, 0.25) is 11.8 Å². The number of carbonyl (C=O) groups excluding carboxylic acids is 1. The Morgan fingerprint density at radius 1 is 0.932 bits per heavy atom. The Balaban J connectivity index is 1.12. The highest BCUT2D eigenvalue weighted by molar-refractivity contribution is 6.00. The molecule has 44 heavy (non-hydrogen) atoms. The summed E-state index contributed by atoms with van der Waals surface area (Å²) in [6.07, 6.45) is 2.00. The van der Waals surface area contributed by atoms with Gasteiger partial charge in [0.25, 0.3) is 0 Å². The first-order valence-corrected chi connectivity index (χ1v) is 15.5. The van der Waals surface area contributed by atoms with Crippen LogP contribution in [0.25, 0.3) is 0 Å².